The largest absolute Gasteiger partial charge is 0.477 e. The molecular weight excluding hydrogens is 600 g/mol. The topological polar surface area (TPSA) is 74.2 Å². The summed E-state index contributed by atoms with van der Waals surface area (Å²) in [7, 11) is 0. The summed E-state index contributed by atoms with van der Waals surface area (Å²) in [5, 5.41) is 15.0. The molecule has 0 bridgehead atoms. The minimum atomic E-state index is -0.206. The van der Waals surface area contributed by atoms with Crippen LogP contribution in [-0.4, -0.2) is 18.0 Å². The number of anilines is 1. The molecule has 0 saturated carbocycles. The highest BCUT2D eigenvalue weighted by atomic mass is 127. The van der Waals surface area contributed by atoms with E-state index in [4.69, 9.17) is 10.00 Å². The van der Waals surface area contributed by atoms with Crippen LogP contribution in [0.15, 0.2) is 41.3 Å². The van der Waals surface area contributed by atoms with Crippen molar-refractivity contribution in [3.05, 3.63) is 59.6 Å². The molecule has 28 heavy (non-hydrogen) atoms. The number of nitrogens with one attached hydrogen (secondary N) is 2. The zero-order valence-electron chi connectivity index (χ0n) is 15.0. The van der Waals surface area contributed by atoms with E-state index in [0.29, 0.717) is 10.7 Å². The number of thioether (sulfide) groups is 1. The molecule has 144 valence electrons. The van der Waals surface area contributed by atoms with Crippen molar-refractivity contribution >= 4 is 74.6 Å². The fourth-order valence-corrected chi connectivity index (χ4v) is 5.72. The van der Waals surface area contributed by atoms with Crippen LogP contribution >= 0.6 is 56.9 Å². The molecule has 8 heteroatoms. The maximum Gasteiger partial charge on any atom is 0.260 e. The summed E-state index contributed by atoms with van der Waals surface area (Å²) in [6.07, 6.45) is 2.88. The van der Waals surface area contributed by atoms with Gasteiger partial charge < -0.3 is 15.4 Å². The molecule has 2 N–H and O–H groups in total. The molecule has 1 heterocycles. The van der Waals surface area contributed by atoms with Crippen LogP contribution in [0, 0.1) is 18.5 Å². The van der Waals surface area contributed by atoms with Crippen molar-refractivity contribution in [2.75, 3.05) is 11.9 Å². The van der Waals surface area contributed by atoms with E-state index in [9.17, 15) is 4.79 Å². The second-order valence-electron chi connectivity index (χ2n) is 5.94. The van der Waals surface area contributed by atoms with Crippen molar-refractivity contribution in [3.8, 4) is 11.8 Å². The Hall–Kier alpha value is -1.45. The van der Waals surface area contributed by atoms with Crippen molar-refractivity contribution in [1.29, 1.82) is 5.26 Å². The number of amides is 1. The first-order valence-electron chi connectivity index (χ1n) is 8.53. The summed E-state index contributed by atoms with van der Waals surface area (Å²) in [5.74, 6) is 0.603. The molecule has 5 nitrogen and oxygen atoms in total. The Balaban J connectivity index is 1.72. The van der Waals surface area contributed by atoms with Gasteiger partial charge in [0.1, 0.15) is 11.8 Å². The second kappa shape index (κ2) is 9.84. The Morgan fingerprint density at radius 1 is 1.29 bits per heavy atom. The van der Waals surface area contributed by atoms with Crippen LogP contribution in [0.1, 0.15) is 18.1 Å². The Morgan fingerprint density at radius 2 is 1.96 bits per heavy atom. The third-order valence-electron chi connectivity index (χ3n) is 3.99. The number of rotatable bonds is 6. The van der Waals surface area contributed by atoms with Crippen LogP contribution in [0.4, 0.5) is 5.69 Å². The first-order valence-corrected chi connectivity index (χ1v) is 11.6. The molecule has 1 saturated heterocycles. The lowest BCUT2D eigenvalue weighted by atomic mass is 10.1. The number of nitrogens with zero attached hydrogens (tertiary/aromatic N) is 1. The fraction of sp³-hybridized carbons (Fsp3) is 0.200. The molecule has 3 rings (SSSR count). The van der Waals surface area contributed by atoms with Gasteiger partial charge in [-0.2, -0.15) is 5.26 Å². The summed E-state index contributed by atoms with van der Waals surface area (Å²) >= 11 is 5.82. The molecule has 0 aliphatic carbocycles. The highest BCUT2D eigenvalue weighted by Crippen LogP contribution is 2.33. The van der Waals surface area contributed by atoms with Gasteiger partial charge in [0.05, 0.1) is 12.0 Å². The zero-order chi connectivity index (χ0) is 20.1. The first kappa shape index (κ1) is 21.3. The lowest BCUT2D eigenvalue weighted by Crippen LogP contribution is -2.30. The zero-order valence-corrected chi connectivity index (χ0v) is 20.1. The van der Waals surface area contributed by atoms with Gasteiger partial charge in [0, 0.05) is 5.69 Å². The highest BCUT2D eigenvalue weighted by Gasteiger charge is 2.27. The molecule has 1 aliphatic heterocycles. The third-order valence-corrected chi connectivity index (χ3v) is 6.62. The molecule has 0 aromatic heterocycles. The summed E-state index contributed by atoms with van der Waals surface area (Å²) < 4.78 is 7.28. The number of carbonyl (C=O) groups excluding carboxylic acids is 1. The van der Waals surface area contributed by atoms with Crippen molar-refractivity contribution in [3.63, 3.8) is 0 Å². The quantitative estimate of drug-likeness (QED) is 0.355. The average molecular weight is 617 g/mol. The van der Waals surface area contributed by atoms with Crippen LogP contribution in [0.5, 0.6) is 5.75 Å². The van der Waals surface area contributed by atoms with Crippen LogP contribution in [0.3, 0.4) is 0 Å². The first-order chi connectivity index (χ1) is 13.5. The van der Waals surface area contributed by atoms with E-state index >= 15 is 0 Å². The van der Waals surface area contributed by atoms with E-state index in [2.05, 4.69) is 74.9 Å². The third kappa shape index (κ3) is 5.33. The number of nitriles is 1. The number of carbonyl (C=O) groups is 1. The van der Waals surface area contributed by atoms with Gasteiger partial charge in [0.25, 0.3) is 5.91 Å². The predicted octanol–water partition coefficient (Wildman–Crippen LogP) is 4.96. The predicted molar refractivity (Wildman–Crippen MR) is 130 cm³/mol. The Bertz CT molecular complexity index is 932. The Kier molecular flexibility index (Phi) is 7.48. The lowest BCUT2D eigenvalue weighted by Gasteiger charge is -2.13. The monoisotopic (exact) mass is 617 g/mol. The maximum absolute atomic E-state index is 12.4. The van der Waals surface area contributed by atoms with Gasteiger partial charge >= 0.3 is 0 Å². The second-order valence-corrected chi connectivity index (χ2v) is 9.41. The van der Waals surface area contributed by atoms with E-state index in [1.54, 1.807) is 0 Å². The number of hydrogen-bond acceptors (Lipinski definition) is 5. The van der Waals surface area contributed by atoms with Crippen LogP contribution < -0.4 is 15.4 Å². The molecule has 1 amide bonds. The minimum Gasteiger partial charge on any atom is -0.477 e. The lowest BCUT2D eigenvalue weighted by molar-refractivity contribution is -0.116. The molecule has 2 aromatic rings. The van der Waals surface area contributed by atoms with E-state index in [1.165, 1.54) is 17.3 Å². The molecule has 1 aliphatic rings. The van der Waals surface area contributed by atoms with Crippen molar-refractivity contribution < 1.29 is 9.53 Å². The molecular formula is C20H17I2N3O2S. The Labute approximate surface area is 195 Å². The van der Waals surface area contributed by atoms with Gasteiger partial charge in [-0.05, 0) is 93.1 Å². The van der Waals surface area contributed by atoms with Crippen molar-refractivity contribution in [2.24, 2.45) is 0 Å². The van der Waals surface area contributed by atoms with Crippen LogP contribution in [0.2, 0.25) is 0 Å². The fourth-order valence-electron chi connectivity index (χ4n) is 2.61. The molecule has 2 aromatic carbocycles. The van der Waals surface area contributed by atoms with Crippen LogP contribution in [-0.2, 0) is 11.2 Å². The summed E-state index contributed by atoms with van der Waals surface area (Å²) in [5.41, 5.74) is 2.96. The summed E-state index contributed by atoms with van der Waals surface area (Å²) in [6.45, 7) is 2.13. The molecule has 1 fully saturated rings. The molecule has 1 atom stereocenters. The maximum atomic E-state index is 12.4. The van der Waals surface area contributed by atoms with Gasteiger partial charge in [0.15, 0.2) is 12.1 Å². The van der Waals surface area contributed by atoms with E-state index in [1.807, 2.05) is 36.4 Å². The van der Waals surface area contributed by atoms with Gasteiger partial charge in [0.2, 0.25) is 0 Å². The number of halogens is 2. The minimum absolute atomic E-state index is 0.0112. The van der Waals surface area contributed by atoms with E-state index in [-0.39, 0.29) is 18.0 Å². The molecule has 0 unspecified atom stereocenters. The van der Waals surface area contributed by atoms with Gasteiger partial charge in [-0.3, -0.25) is 4.79 Å². The average Bonchev–Trinajstić information content (AvgIpc) is 3.00. The van der Waals surface area contributed by atoms with Crippen molar-refractivity contribution in [2.45, 2.75) is 18.8 Å². The van der Waals surface area contributed by atoms with Gasteiger partial charge in [-0.1, -0.05) is 30.8 Å². The normalized spacial score (nSPS) is 17.3. The van der Waals surface area contributed by atoms with E-state index < -0.39 is 0 Å². The number of benzene rings is 2. The molecule has 0 radical (unpaired) electrons. The highest BCUT2D eigenvalue weighted by molar-refractivity contribution is 14.1. The van der Waals surface area contributed by atoms with Gasteiger partial charge in [-0.15, -0.1) is 0 Å². The SMILES string of the molecule is CCc1ccc(N[C@H]2NC(=O)/C(=C/c3cc(I)c(OCC#N)c(I)c3)S2)cc1. The number of aryl methyl sites for hydroxylation is 1. The van der Waals surface area contributed by atoms with Crippen molar-refractivity contribution in [1.82, 2.24) is 5.32 Å². The molecule has 0 spiro atoms. The summed E-state index contributed by atoms with van der Waals surface area (Å²) in [4.78, 5) is 13.0. The summed E-state index contributed by atoms with van der Waals surface area (Å²) in [6, 6.07) is 14.1. The van der Waals surface area contributed by atoms with Crippen LogP contribution in [0.25, 0.3) is 6.08 Å². The number of ether oxygens (including phenoxy) is 1. The standard InChI is InChI=1S/C20H17I2N3O2S/c1-2-12-3-5-14(6-4-12)24-20-25-19(26)17(28-20)11-13-9-15(21)18(16(22)10-13)27-8-7-23/h3-6,9-11,20,24H,2,8H2,1H3,(H,25,26)/b17-11-/t20-/m0/s1. The van der Waals surface area contributed by atoms with E-state index in [0.717, 1.165) is 24.8 Å². The van der Waals surface area contributed by atoms with Gasteiger partial charge in [-0.25, -0.2) is 0 Å². The Morgan fingerprint density at radius 3 is 2.57 bits per heavy atom. The smallest absolute Gasteiger partial charge is 0.260 e. The number of hydrogen-bond donors (Lipinski definition) is 2.